The summed E-state index contributed by atoms with van der Waals surface area (Å²) in [5, 5.41) is 2.86. The number of amides is 2. The fraction of sp³-hybridized carbons (Fsp3) is 0.391. The Hall–Kier alpha value is -3.02. The molecule has 1 heterocycles. The van der Waals surface area contributed by atoms with E-state index in [9.17, 15) is 9.59 Å². The van der Waals surface area contributed by atoms with Crippen LogP contribution in [0.2, 0.25) is 0 Å². The molecule has 0 unspecified atom stereocenters. The Bertz CT molecular complexity index is 862. The van der Waals surface area contributed by atoms with Gasteiger partial charge >= 0.3 is 0 Å². The molecular formula is C23H29N3O3. The molecule has 154 valence electrons. The van der Waals surface area contributed by atoms with E-state index in [1.807, 2.05) is 39.3 Å². The number of benzene rings is 2. The van der Waals surface area contributed by atoms with Gasteiger partial charge in [0.15, 0.2) is 0 Å². The second kappa shape index (κ2) is 9.45. The summed E-state index contributed by atoms with van der Waals surface area (Å²) in [5.41, 5.74) is 4.22. The van der Waals surface area contributed by atoms with Crippen molar-refractivity contribution in [3.05, 3.63) is 53.6 Å². The highest BCUT2D eigenvalue weighted by atomic mass is 16.5. The maximum absolute atomic E-state index is 12.4. The highest BCUT2D eigenvalue weighted by Gasteiger charge is 2.15. The second-order valence-corrected chi connectivity index (χ2v) is 7.63. The lowest BCUT2D eigenvalue weighted by Gasteiger charge is -2.19. The van der Waals surface area contributed by atoms with Gasteiger partial charge in [0.2, 0.25) is 11.8 Å². The van der Waals surface area contributed by atoms with Crippen LogP contribution in [0.3, 0.4) is 0 Å². The van der Waals surface area contributed by atoms with Crippen LogP contribution in [-0.2, 0) is 22.6 Å². The predicted octanol–water partition coefficient (Wildman–Crippen LogP) is 3.45. The number of anilines is 2. The molecule has 0 atom stereocenters. The number of rotatable bonds is 8. The number of carbonyl (C=O) groups is 2. The van der Waals surface area contributed by atoms with Crippen molar-refractivity contribution in [3.8, 4) is 5.75 Å². The lowest BCUT2D eigenvalue weighted by Crippen LogP contribution is -2.26. The third-order valence-corrected chi connectivity index (χ3v) is 5.07. The lowest BCUT2D eigenvalue weighted by atomic mass is 10.0. The molecule has 6 nitrogen and oxygen atoms in total. The molecule has 3 rings (SSSR count). The van der Waals surface area contributed by atoms with Crippen LogP contribution in [-0.4, -0.2) is 44.5 Å². The number of nitrogens with one attached hydrogen (secondary N) is 1. The third kappa shape index (κ3) is 5.73. The molecule has 0 saturated carbocycles. The van der Waals surface area contributed by atoms with Crippen LogP contribution in [0.4, 0.5) is 11.4 Å². The second-order valence-electron chi connectivity index (χ2n) is 7.63. The van der Waals surface area contributed by atoms with Gasteiger partial charge in [0.05, 0.1) is 6.61 Å². The van der Waals surface area contributed by atoms with Crippen molar-refractivity contribution in [1.82, 2.24) is 4.90 Å². The summed E-state index contributed by atoms with van der Waals surface area (Å²) in [4.78, 5) is 27.6. The summed E-state index contributed by atoms with van der Waals surface area (Å²) in [6.07, 6.45) is 2.36. The zero-order chi connectivity index (χ0) is 20.8. The molecule has 6 heteroatoms. The van der Waals surface area contributed by atoms with E-state index in [1.165, 1.54) is 0 Å². The van der Waals surface area contributed by atoms with Gasteiger partial charge in [-0.05, 0) is 54.3 Å². The fourth-order valence-electron chi connectivity index (χ4n) is 3.32. The lowest BCUT2D eigenvalue weighted by molar-refractivity contribution is -0.130. The Balaban J connectivity index is 1.41. The highest BCUT2D eigenvalue weighted by Crippen LogP contribution is 2.26. The maximum atomic E-state index is 12.4. The van der Waals surface area contributed by atoms with Crippen LogP contribution >= 0.6 is 0 Å². The quantitative estimate of drug-likeness (QED) is 0.696. The number of ether oxygens (including phenoxy) is 1. The molecular weight excluding hydrogens is 366 g/mol. The van der Waals surface area contributed by atoms with Crippen molar-refractivity contribution in [2.75, 3.05) is 38.0 Å². The first-order valence-electron chi connectivity index (χ1n) is 9.98. The summed E-state index contributed by atoms with van der Waals surface area (Å²) in [6, 6.07) is 13.9. The standard InChI is InChI=1S/C23H29N3O3/c1-25(2)19-9-6-17(7-10-19)16-26(3)23(28)5-4-14-29-20-11-12-21-18(15-20)8-13-22(27)24-21/h6-7,9-12,15H,4-5,8,13-14,16H2,1-3H3,(H,24,27). The van der Waals surface area contributed by atoms with Crippen molar-refractivity contribution < 1.29 is 14.3 Å². The van der Waals surface area contributed by atoms with E-state index < -0.39 is 0 Å². The monoisotopic (exact) mass is 395 g/mol. The van der Waals surface area contributed by atoms with Crippen molar-refractivity contribution in [2.45, 2.75) is 32.2 Å². The smallest absolute Gasteiger partial charge is 0.224 e. The minimum absolute atomic E-state index is 0.0578. The molecule has 0 aromatic heterocycles. The average molecular weight is 396 g/mol. The van der Waals surface area contributed by atoms with E-state index in [-0.39, 0.29) is 11.8 Å². The molecule has 2 aromatic carbocycles. The molecule has 2 amide bonds. The van der Waals surface area contributed by atoms with E-state index in [1.54, 1.807) is 4.90 Å². The fourth-order valence-corrected chi connectivity index (χ4v) is 3.32. The van der Waals surface area contributed by atoms with Crippen molar-refractivity contribution >= 4 is 23.2 Å². The molecule has 1 aliphatic rings. The molecule has 0 spiro atoms. The Morgan fingerprint density at radius 1 is 1.07 bits per heavy atom. The molecule has 2 aromatic rings. The highest BCUT2D eigenvalue weighted by molar-refractivity contribution is 5.94. The van der Waals surface area contributed by atoms with Crippen LogP contribution in [0.1, 0.15) is 30.4 Å². The minimum Gasteiger partial charge on any atom is -0.494 e. The number of aryl methyl sites for hydroxylation is 1. The van der Waals surface area contributed by atoms with Crippen LogP contribution in [0.15, 0.2) is 42.5 Å². The normalized spacial score (nSPS) is 12.7. The molecule has 29 heavy (non-hydrogen) atoms. The molecule has 1 aliphatic heterocycles. The van der Waals surface area contributed by atoms with E-state index in [0.29, 0.717) is 32.4 Å². The Morgan fingerprint density at radius 3 is 2.55 bits per heavy atom. The van der Waals surface area contributed by atoms with E-state index in [2.05, 4.69) is 34.5 Å². The van der Waals surface area contributed by atoms with Gasteiger partial charge in [0.25, 0.3) is 0 Å². The molecule has 1 N–H and O–H groups in total. The van der Waals surface area contributed by atoms with Gasteiger partial charge in [0.1, 0.15) is 5.75 Å². The first-order chi connectivity index (χ1) is 13.9. The van der Waals surface area contributed by atoms with Gasteiger partial charge in [0, 0.05) is 51.9 Å². The predicted molar refractivity (Wildman–Crippen MR) is 115 cm³/mol. The van der Waals surface area contributed by atoms with Crippen LogP contribution in [0, 0.1) is 0 Å². The first-order valence-corrected chi connectivity index (χ1v) is 9.98. The Labute approximate surface area is 172 Å². The zero-order valence-corrected chi connectivity index (χ0v) is 17.4. The maximum Gasteiger partial charge on any atom is 0.224 e. The molecule has 0 aliphatic carbocycles. The van der Waals surface area contributed by atoms with Gasteiger partial charge in [-0.3, -0.25) is 9.59 Å². The Morgan fingerprint density at radius 2 is 1.83 bits per heavy atom. The average Bonchev–Trinajstić information content (AvgIpc) is 2.71. The van der Waals surface area contributed by atoms with E-state index >= 15 is 0 Å². The summed E-state index contributed by atoms with van der Waals surface area (Å²) in [6.45, 7) is 1.09. The molecule has 0 saturated heterocycles. The zero-order valence-electron chi connectivity index (χ0n) is 17.4. The Kier molecular flexibility index (Phi) is 6.75. The van der Waals surface area contributed by atoms with Crippen LogP contribution in [0.25, 0.3) is 0 Å². The summed E-state index contributed by atoms with van der Waals surface area (Å²) in [7, 11) is 5.85. The van der Waals surface area contributed by atoms with Crippen molar-refractivity contribution in [3.63, 3.8) is 0 Å². The van der Waals surface area contributed by atoms with Crippen LogP contribution in [0.5, 0.6) is 5.75 Å². The number of hydrogen-bond donors (Lipinski definition) is 1. The van der Waals surface area contributed by atoms with Crippen molar-refractivity contribution in [1.29, 1.82) is 0 Å². The SMILES string of the molecule is CN(Cc1ccc(N(C)C)cc1)C(=O)CCCOc1ccc2c(c1)CCC(=O)N2. The minimum atomic E-state index is 0.0578. The van der Waals surface area contributed by atoms with Gasteiger partial charge in [-0.15, -0.1) is 0 Å². The number of hydrogen-bond acceptors (Lipinski definition) is 4. The summed E-state index contributed by atoms with van der Waals surface area (Å²) in [5.74, 6) is 0.947. The van der Waals surface area contributed by atoms with Crippen LogP contribution < -0.4 is 15.0 Å². The number of fused-ring (bicyclic) bond motifs is 1. The molecule has 0 fully saturated rings. The summed E-state index contributed by atoms with van der Waals surface area (Å²) >= 11 is 0. The van der Waals surface area contributed by atoms with Gasteiger partial charge in [-0.2, -0.15) is 0 Å². The van der Waals surface area contributed by atoms with Crippen molar-refractivity contribution in [2.24, 2.45) is 0 Å². The topological polar surface area (TPSA) is 61.9 Å². The largest absolute Gasteiger partial charge is 0.494 e. The molecule has 0 bridgehead atoms. The van der Waals surface area contributed by atoms with Gasteiger partial charge in [-0.1, -0.05) is 12.1 Å². The van der Waals surface area contributed by atoms with Gasteiger partial charge < -0.3 is 19.9 Å². The third-order valence-electron chi connectivity index (χ3n) is 5.07. The van der Waals surface area contributed by atoms with E-state index in [4.69, 9.17) is 4.74 Å². The van der Waals surface area contributed by atoms with Gasteiger partial charge in [-0.25, -0.2) is 0 Å². The summed E-state index contributed by atoms with van der Waals surface area (Å²) < 4.78 is 5.79. The number of nitrogens with zero attached hydrogens (tertiary/aromatic N) is 2. The molecule has 0 radical (unpaired) electrons. The van der Waals surface area contributed by atoms with E-state index in [0.717, 1.165) is 34.7 Å². The number of carbonyl (C=O) groups excluding carboxylic acids is 2. The first kappa shape index (κ1) is 20.7.